The second-order valence-corrected chi connectivity index (χ2v) is 38.8. The Kier molecular flexibility index (Phi) is 27.6. The van der Waals surface area contributed by atoms with Crippen LogP contribution in [0.4, 0.5) is 43.4 Å². The number of rotatable bonds is 20. The van der Waals surface area contributed by atoms with Crippen LogP contribution >= 0.6 is 46.4 Å². The number of hydrogen-bond acceptors (Lipinski definition) is 12. The molecule has 0 radical (unpaired) electrons. The number of nitrogens with zero attached hydrogens (tertiary/aromatic N) is 9. The number of fused-ring (bicyclic) bond motifs is 3. The normalized spacial score (nSPS) is 11.4. The first-order valence-corrected chi connectivity index (χ1v) is 48.0. The standard InChI is InChI=1S/C37H21ClF3N3O3S.C37H22ClF2N3O3S.C36H20Cl2FN3O3S/c1-21(45)23-11-15-29(31(38)18-23)24-5-3-6-25(17-24)36-35(34-26(20-42)7-4-8-32(34)43-2)30-19-27(39)12-16-33(30)44(36)48(46,47)28-13-9-22(10-14-28)37(40)41;1-22(44)24-15-18-29(31(38)20-24)25-7-5-8-26(19-25)36-35(34-27(21-41)9-6-11-32(34)42-2)30-10-3-4-12-33(30)43(36)47(45,46)28-16-13-23(14-17-28)37(39)40;1-21(43)22-9-15-29(31(38)18-22)23-5-3-6-24(17-23)36-35(34-25(20-40)7-4-8-32(34)41-2)30-19-27(39)12-16-33(30)42(36)46(44,45)28-13-10-26(37)11-14-28/h3-19,37H,1H3;3-20,37H,1H3;3-19H,1H3. The van der Waals surface area contributed by atoms with Crippen LogP contribution < -0.4 is 0 Å². The van der Waals surface area contributed by atoms with Gasteiger partial charge in [0.25, 0.3) is 42.9 Å². The van der Waals surface area contributed by atoms with Crippen molar-refractivity contribution in [1.82, 2.24) is 11.9 Å². The maximum absolute atomic E-state index is 15.0. The molecule has 31 heteroatoms. The molecule has 3 aromatic heterocycles. The lowest BCUT2D eigenvalue weighted by Gasteiger charge is -2.16. The molecular weight excluding hydrogens is 1940 g/mol. The quantitative estimate of drug-likeness (QED) is 0.0392. The topological polar surface area (TPSA) is 253 Å². The fourth-order valence-corrected chi connectivity index (χ4v) is 22.5. The smallest absolute Gasteiger partial charge is 0.268 e. The molecule has 0 saturated heterocycles. The minimum absolute atomic E-state index is 0.000496. The van der Waals surface area contributed by atoms with Crippen molar-refractivity contribution < 1.29 is 66.0 Å². The van der Waals surface area contributed by atoms with Gasteiger partial charge in [-0.1, -0.05) is 216 Å². The van der Waals surface area contributed by atoms with Crippen LogP contribution in [-0.4, -0.2) is 54.5 Å². The maximum Gasteiger partial charge on any atom is 0.268 e. The molecule has 0 aliphatic rings. The lowest BCUT2D eigenvalue weighted by molar-refractivity contribution is 0.100. The molecule has 0 aliphatic heterocycles. The fourth-order valence-electron chi connectivity index (χ4n) is 16.8. The molecule has 0 N–H and O–H groups in total. The van der Waals surface area contributed by atoms with Gasteiger partial charge in [-0.15, -0.1) is 0 Å². The Morgan fingerprint density at radius 1 is 0.319 bits per heavy atom. The van der Waals surface area contributed by atoms with E-state index in [1.54, 1.807) is 170 Å². The van der Waals surface area contributed by atoms with Crippen LogP contribution in [0.15, 0.2) is 330 Å². The third-order valence-corrected chi connectivity index (χ3v) is 29.7. The van der Waals surface area contributed by atoms with Crippen molar-refractivity contribution in [2.24, 2.45) is 0 Å². The Hall–Kier alpha value is -16.5. The maximum atomic E-state index is 15.0. The number of para-hydroxylation sites is 1. The summed E-state index contributed by atoms with van der Waals surface area (Å²) in [6, 6.07) is 83.4. The van der Waals surface area contributed by atoms with Gasteiger partial charge >= 0.3 is 0 Å². The number of halogens is 10. The third kappa shape index (κ3) is 18.5. The Morgan fingerprint density at radius 3 is 0.894 bits per heavy atom. The summed E-state index contributed by atoms with van der Waals surface area (Å²) in [5.74, 6) is -1.82. The van der Waals surface area contributed by atoms with Gasteiger partial charge in [0.2, 0.25) is 0 Å². The van der Waals surface area contributed by atoms with E-state index >= 15 is 4.39 Å². The molecule has 0 amide bonds. The zero-order chi connectivity index (χ0) is 101. The molecule has 141 heavy (non-hydrogen) atoms. The van der Waals surface area contributed by atoms with Gasteiger partial charge in [0.1, 0.15) is 11.6 Å². The van der Waals surface area contributed by atoms with Crippen molar-refractivity contribution in [2.45, 2.75) is 48.3 Å². The SMILES string of the molecule is [C-]#[N+]c1cccc(C#N)c1-c1c(-c2cccc(-c3ccc(C(C)=O)cc3Cl)c2)n(S(=O)(=O)c2ccc(C(F)F)cc2)c2ccc(F)cc12.[C-]#[N+]c1cccc(C#N)c1-c1c(-c2cccc(-c3ccc(C(C)=O)cc3Cl)c2)n(S(=O)(=O)c2ccc(C(F)F)cc2)c2ccccc12.[C-]#[N+]c1cccc(C#N)c1-c1c(-c2cccc(-c3ccc(C(C)=O)cc3Cl)c2)n(S(=O)(=O)c2ccc(Cl)cc2)c2ccc(F)cc12. The largest absolute Gasteiger partial charge is 0.295 e. The lowest BCUT2D eigenvalue weighted by atomic mass is 9.92. The van der Waals surface area contributed by atoms with Gasteiger partial charge in [0, 0.05) is 148 Å². The number of benzene rings is 15. The molecule has 18 rings (SSSR count). The van der Waals surface area contributed by atoms with Crippen molar-refractivity contribution in [1.29, 1.82) is 15.8 Å². The number of carbonyl (C=O) groups excluding carboxylic acids is 3. The van der Waals surface area contributed by atoms with Gasteiger partial charge in [-0.2, -0.15) is 15.8 Å². The van der Waals surface area contributed by atoms with Gasteiger partial charge in [0.05, 0.1) is 86.2 Å². The molecular formula is C110H63Cl4F6N9O9S3. The third-order valence-electron chi connectivity index (χ3n) is 23.4. The van der Waals surface area contributed by atoms with Crippen LogP contribution in [0.5, 0.6) is 0 Å². The number of hydrogen-bond donors (Lipinski definition) is 0. The van der Waals surface area contributed by atoms with Crippen LogP contribution in [0, 0.1) is 65.3 Å². The van der Waals surface area contributed by atoms with Crippen LogP contribution in [0.25, 0.3) is 148 Å². The molecule has 0 aliphatic carbocycles. The average molecular weight is 2010 g/mol. The molecule has 3 heterocycles. The van der Waals surface area contributed by atoms with E-state index in [4.69, 9.17) is 66.1 Å². The summed E-state index contributed by atoms with van der Waals surface area (Å²) in [4.78, 5) is 46.1. The predicted octanol–water partition coefficient (Wildman–Crippen LogP) is 30.3. The van der Waals surface area contributed by atoms with E-state index in [2.05, 4.69) is 32.7 Å². The first kappa shape index (κ1) is 97.5. The van der Waals surface area contributed by atoms with Crippen molar-refractivity contribution >= 4 is 144 Å². The number of alkyl halides is 4. The fraction of sp³-hybridized carbons (Fsp3) is 0.0455. The van der Waals surface area contributed by atoms with Crippen molar-refractivity contribution in [3.05, 3.63) is 426 Å². The van der Waals surface area contributed by atoms with E-state index in [1.165, 1.54) is 99.6 Å². The van der Waals surface area contributed by atoms with Crippen LogP contribution in [0.1, 0.15) is 92.5 Å². The van der Waals surface area contributed by atoms with Gasteiger partial charge in [-0.25, -0.2) is 78.0 Å². The number of carbonyl (C=O) groups is 3. The molecule has 15 aromatic carbocycles. The summed E-state index contributed by atoms with van der Waals surface area (Å²) in [5.41, 5.74) is 7.57. The second kappa shape index (κ2) is 39.9. The first-order valence-electron chi connectivity index (χ1n) is 42.1. The van der Waals surface area contributed by atoms with Crippen molar-refractivity contribution in [3.8, 4) is 119 Å². The monoisotopic (exact) mass is 2000 g/mol. The highest BCUT2D eigenvalue weighted by Crippen LogP contribution is 2.53. The highest BCUT2D eigenvalue weighted by molar-refractivity contribution is 7.91. The van der Waals surface area contributed by atoms with E-state index in [0.29, 0.717) is 92.8 Å². The van der Waals surface area contributed by atoms with Gasteiger partial charge in [0.15, 0.2) is 34.4 Å². The highest BCUT2D eigenvalue weighted by atomic mass is 35.5. The van der Waals surface area contributed by atoms with E-state index in [0.717, 1.165) is 78.6 Å². The number of ketones is 3. The number of aromatic nitrogens is 3. The predicted molar refractivity (Wildman–Crippen MR) is 535 cm³/mol. The van der Waals surface area contributed by atoms with Gasteiger partial charge < -0.3 is 0 Å². The van der Waals surface area contributed by atoms with Gasteiger partial charge in [-0.3, -0.25) is 14.4 Å². The number of nitriles is 3. The zero-order valence-corrected chi connectivity index (χ0v) is 78.9. The van der Waals surface area contributed by atoms with E-state index in [9.17, 15) is 77.4 Å². The summed E-state index contributed by atoms with van der Waals surface area (Å²) in [5, 5.41) is 32.4. The molecule has 18 nitrogen and oxygen atoms in total. The number of Topliss-reactive ketones (excluding diaryl/α,β-unsaturated/α-hetero) is 3. The minimum Gasteiger partial charge on any atom is -0.295 e. The molecule has 18 aromatic rings. The summed E-state index contributed by atoms with van der Waals surface area (Å²) in [6.07, 6.45) is -5.61. The lowest BCUT2D eigenvalue weighted by Crippen LogP contribution is -2.14. The summed E-state index contributed by atoms with van der Waals surface area (Å²) < 4.78 is 174. The van der Waals surface area contributed by atoms with Crippen molar-refractivity contribution in [3.63, 3.8) is 0 Å². The zero-order valence-electron chi connectivity index (χ0n) is 73.4. The summed E-state index contributed by atoms with van der Waals surface area (Å²) >= 11 is 25.9. The van der Waals surface area contributed by atoms with Crippen LogP contribution in [0.2, 0.25) is 20.1 Å². The Balaban J connectivity index is 0.000000152. The van der Waals surface area contributed by atoms with Crippen LogP contribution in [-0.2, 0) is 30.1 Å². The van der Waals surface area contributed by atoms with Gasteiger partial charge in [-0.05, 0) is 183 Å². The first-order chi connectivity index (χ1) is 67.6. The molecule has 690 valence electrons. The second-order valence-electron chi connectivity index (χ2n) is 31.8. The summed E-state index contributed by atoms with van der Waals surface area (Å²) in [6.45, 7) is 28.0. The molecule has 0 saturated carbocycles. The summed E-state index contributed by atoms with van der Waals surface area (Å²) in [7, 11) is -13.5. The molecule has 0 atom stereocenters. The Labute approximate surface area is 824 Å². The Bertz CT molecular complexity index is 8870. The molecule has 0 unspecified atom stereocenters. The van der Waals surface area contributed by atoms with Crippen molar-refractivity contribution in [2.75, 3.05) is 0 Å². The minimum atomic E-state index is -4.60. The average Bonchev–Trinajstić information content (AvgIpc) is 1.57. The Morgan fingerprint density at radius 2 is 0.603 bits per heavy atom. The highest BCUT2D eigenvalue weighted by Gasteiger charge is 2.37. The molecule has 0 fully saturated rings. The van der Waals surface area contributed by atoms with E-state index in [-0.39, 0.29) is 154 Å². The van der Waals surface area contributed by atoms with Crippen LogP contribution in [0.3, 0.4) is 0 Å². The van der Waals surface area contributed by atoms with E-state index in [1.807, 2.05) is 0 Å². The van der Waals surface area contributed by atoms with E-state index < -0.39 is 54.6 Å². The molecule has 0 spiro atoms. The molecule has 0 bridgehead atoms.